The predicted molar refractivity (Wildman–Crippen MR) is 85.9 cm³/mol. The van der Waals surface area contributed by atoms with E-state index in [1.807, 2.05) is 0 Å². The van der Waals surface area contributed by atoms with Crippen LogP contribution in [-0.4, -0.2) is 46.1 Å². The number of hydrogen-bond acceptors (Lipinski definition) is 4. The van der Waals surface area contributed by atoms with Crippen LogP contribution in [0.4, 0.5) is 18.9 Å². The summed E-state index contributed by atoms with van der Waals surface area (Å²) in [7, 11) is 0. The van der Waals surface area contributed by atoms with Gasteiger partial charge in [0.05, 0.1) is 18.1 Å². The second-order valence-electron chi connectivity index (χ2n) is 5.11. The molecule has 0 N–H and O–H groups in total. The molecular weight excluding hydrogens is 361 g/mol. The Balaban J connectivity index is 2.20. The summed E-state index contributed by atoms with van der Waals surface area (Å²) in [6.45, 7) is 1.62. The van der Waals surface area contributed by atoms with E-state index in [1.54, 1.807) is 31.5 Å². The molecule has 0 bridgehead atoms. The lowest BCUT2D eigenvalue weighted by atomic mass is 10.3. The number of aromatic nitrogens is 3. The summed E-state index contributed by atoms with van der Waals surface area (Å²) in [4.78, 5) is 17.6. The van der Waals surface area contributed by atoms with E-state index in [9.17, 15) is 18.0 Å². The molecule has 25 heavy (non-hydrogen) atoms. The Morgan fingerprint density at radius 1 is 1.48 bits per heavy atom. The fraction of sp³-hybridized carbons (Fsp3) is 0.400. The Bertz CT molecular complexity index is 721. The third-order valence-electron chi connectivity index (χ3n) is 3.28. The molecule has 1 atom stereocenters. The smallest absolute Gasteiger partial charge is 0.359 e. The van der Waals surface area contributed by atoms with Gasteiger partial charge in [0.1, 0.15) is 18.4 Å². The number of pyridine rings is 1. The Morgan fingerprint density at radius 3 is 2.76 bits per heavy atom. The Kier molecular flexibility index (Phi) is 6.02. The third-order valence-corrected chi connectivity index (χ3v) is 3.55. The summed E-state index contributed by atoms with van der Waals surface area (Å²) in [6, 6.07) is 3.45. The van der Waals surface area contributed by atoms with Gasteiger partial charge in [-0.15, -0.1) is 0 Å². The van der Waals surface area contributed by atoms with Gasteiger partial charge in [0.2, 0.25) is 0 Å². The van der Waals surface area contributed by atoms with E-state index in [2.05, 4.69) is 14.8 Å². The molecule has 0 aliphatic rings. The number of halogens is 4. The molecule has 0 aliphatic heterocycles. The molecule has 0 saturated heterocycles. The number of ether oxygens (including phenoxy) is 1. The van der Waals surface area contributed by atoms with E-state index in [0.29, 0.717) is 5.69 Å². The summed E-state index contributed by atoms with van der Waals surface area (Å²) in [5.74, 6) is -0.639. The first kappa shape index (κ1) is 19.2. The number of likely N-dealkylation sites (N-methyl/N-ethyl adjacent to an activating group) is 1. The van der Waals surface area contributed by atoms with Gasteiger partial charge in [-0.1, -0.05) is 11.6 Å². The van der Waals surface area contributed by atoms with Gasteiger partial charge in [0.15, 0.2) is 5.15 Å². The number of hydrogen-bond donors (Lipinski definition) is 0. The van der Waals surface area contributed by atoms with E-state index in [1.165, 1.54) is 22.7 Å². The zero-order valence-corrected chi connectivity index (χ0v) is 14.3. The van der Waals surface area contributed by atoms with Crippen LogP contribution >= 0.6 is 11.6 Å². The summed E-state index contributed by atoms with van der Waals surface area (Å²) in [6.07, 6.45) is -1.12. The molecule has 2 rings (SSSR count). The average molecular weight is 377 g/mol. The maximum absolute atomic E-state index is 12.4. The normalized spacial score (nSPS) is 12.9. The predicted octanol–water partition coefficient (Wildman–Crippen LogP) is 3.24. The van der Waals surface area contributed by atoms with Gasteiger partial charge in [0.25, 0.3) is 5.91 Å². The lowest BCUT2D eigenvalue weighted by Gasteiger charge is -2.23. The first-order valence-electron chi connectivity index (χ1n) is 7.38. The maximum atomic E-state index is 12.4. The zero-order chi connectivity index (χ0) is 18.6. The minimum Gasteiger partial charge on any atom is -0.359 e. The van der Waals surface area contributed by atoms with Crippen molar-refractivity contribution in [1.29, 1.82) is 0 Å². The largest absolute Gasteiger partial charge is 0.411 e. The minimum absolute atomic E-state index is 0.0436. The van der Waals surface area contributed by atoms with Crippen molar-refractivity contribution in [2.24, 2.45) is 0 Å². The molecule has 0 spiro atoms. The van der Waals surface area contributed by atoms with Gasteiger partial charge in [-0.05, 0) is 26.0 Å². The standard InChI is InChI=1S/C15H16ClF3N4O2/c1-3-22(14(24)10(2)25-9-15(17,18)19)12-8-23(21-13(12)16)11-5-4-6-20-7-11/h4-8,10H,3,9H2,1-2H3. The van der Waals surface area contributed by atoms with E-state index in [0.717, 1.165) is 0 Å². The summed E-state index contributed by atoms with van der Waals surface area (Å²) < 4.78 is 42.8. The van der Waals surface area contributed by atoms with E-state index in [4.69, 9.17) is 11.6 Å². The van der Waals surface area contributed by atoms with Gasteiger partial charge in [-0.3, -0.25) is 9.78 Å². The molecule has 1 amide bonds. The Morgan fingerprint density at radius 2 is 2.20 bits per heavy atom. The first-order chi connectivity index (χ1) is 11.7. The second kappa shape index (κ2) is 7.83. The molecule has 0 aliphatic carbocycles. The molecule has 2 heterocycles. The van der Waals surface area contributed by atoms with Crippen molar-refractivity contribution < 1.29 is 22.7 Å². The fourth-order valence-corrected chi connectivity index (χ4v) is 2.33. The average Bonchev–Trinajstić information content (AvgIpc) is 2.95. The Hall–Kier alpha value is -2.13. The molecule has 2 aromatic heterocycles. The molecule has 6 nitrogen and oxygen atoms in total. The van der Waals surface area contributed by atoms with Crippen LogP contribution in [0.1, 0.15) is 13.8 Å². The van der Waals surface area contributed by atoms with Crippen molar-refractivity contribution >= 4 is 23.2 Å². The minimum atomic E-state index is -4.51. The summed E-state index contributed by atoms with van der Waals surface area (Å²) >= 11 is 6.10. The van der Waals surface area contributed by atoms with Crippen LogP contribution in [0, 0.1) is 0 Å². The van der Waals surface area contributed by atoms with Crippen LogP contribution in [-0.2, 0) is 9.53 Å². The molecule has 0 radical (unpaired) electrons. The number of carbonyl (C=O) groups is 1. The van der Waals surface area contributed by atoms with Crippen molar-refractivity contribution in [3.63, 3.8) is 0 Å². The zero-order valence-electron chi connectivity index (χ0n) is 13.5. The van der Waals surface area contributed by atoms with Gasteiger partial charge in [-0.2, -0.15) is 18.3 Å². The lowest BCUT2D eigenvalue weighted by Crippen LogP contribution is -2.40. The maximum Gasteiger partial charge on any atom is 0.411 e. The van der Waals surface area contributed by atoms with Crippen molar-refractivity contribution in [2.75, 3.05) is 18.1 Å². The van der Waals surface area contributed by atoms with Crippen LogP contribution in [0.15, 0.2) is 30.7 Å². The molecule has 0 fully saturated rings. The number of nitrogens with zero attached hydrogens (tertiary/aromatic N) is 4. The second-order valence-corrected chi connectivity index (χ2v) is 5.47. The quantitative estimate of drug-likeness (QED) is 0.776. The van der Waals surface area contributed by atoms with Crippen molar-refractivity contribution in [2.45, 2.75) is 26.1 Å². The van der Waals surface area contributed by atoms with Crippen LogP contribution in [0.3, 0.4) is 0 Å². The van der Waals surface area contributed by atoms with Crippen LogP contribution in [0.25, 0.3) is 5.69 Å². The molecular formula is C15H16ClF3N4O2. The van der Waals surface area contributed by atoms with E-state index < -0.39 is 24.8 Å². The molecule has 2 aromatic rings. The monoisotopic (exact) mass is 376 g/mol. The SMILES string of the molecule is CCN(C(=O)C(C)OCC(F)(F)F)c1cn(-c2cccnc2)nc1Cl. The number of anilines is 1. The molecule has 0 saturated carbocycles. The summed E-state index contributed by atoms with van der Waals surface area (Å²) in [5.41, 5.74) is 0.904. The van der Waals surface area contributed by atoms with E-state index >= 15 is 0 Å². The highest BCUT2D eigenvalue weighted by atomic mass is 35.5. The summed E-state index contributed by atoms with van der Waals surface area (Å²) in [5, 5.41) is 4.15. The van der Waals surface area contributed by atoms with Crippen molar-refractivity contribution in [1.82, 2.24) is 14.8 Å². The van der Waals surface area contributed by atoms with E-state index in [-0.39, 0.29) is 17.4 Å². The third kappa shape index (κ3) is 4.93. The van der Waals surface area contributed by atoms with Crippen LogP contribution in [0.5, 0.6) is 0 Å². The number of alkyl halides is 3. The molecule has 1 unspecified atom stereocenters. The highest BCUT2D eigenvalue weighted by Gasteiger charge is 2.32. The topological polar surface area (TPSA) is 60.2 Å². The van der Waals surface area contributed by atoms with Gasteiger partial charge in [0, 0.05) is 12.7 Å². The lowest BCUT2D eigenvalue weighted by molar-refractivity contribution is -0.185. The van der Waals surface area contributed by atoms with Crippen LogP contribution < -0.4 is 4.90 Å². The highest BCUT2D eigenvalue weighted by molar-refractivity contribution is 6.32. The van der Waals surface area contributed by atoms with Gasteiger partial charge in [-0.25, -0.2) is 4.68 Å². The first-order valence-corrected chi connectivity index (χ1v) is 7.76. The Labute approximate surface area is 147 Å². The molecule has 136 valence electrons. The molecule has 0 aromatic carbocycles. The number of carbonyl (C=O) groups excluding carboxylic acids is 1. The highest BCUT2D eigenvalue weighted by Crippen LogP contribution is 2.27. The number of rotatable bonds is 6. The fourth-order valence-electron chi connectivity index (χ4n) is 2.10. The molecule has 10 heteroatoms. The van der Waals surface area contributed by atoms with Crippen molar-refractivity contribution in [3.8, 4) is 5.69 Å². The van der Waals surface area contributed by atoms with Crippen molar-refractivity contribution in [3.05, 3.63) is 35.9 Å². The van der Waals surface area contributed by atoms with Gasteiger partial charge < -0.3 is 9.64 Å². The van der Waals surface area contributed by atoms with Crippen LogP contribution in [0.2, 0.25) is 5.15 Å². The number of amides is 1. The van der Waals surface area contributed by atoms with Gasteiger partial charge >= 0.3 is 6.18 Å².